The summed E-state index contributed by atoms with van der Waals surface area (Å²) in [6, 6.07) is 0. The van der Waals surface area contributed by atoms with Crippen LogP contribution in [0.25, 0.3) is 0 Å². The summed E-state index contributed by atoms with van der Waals surface area (Å²) in [6.45, 7) is 5.88. The number of ether oxygens (including phenoxy) is 3. The van der Waals surface area contributed by atoms with Crippen LogP contribution in [0.4, 0.5) is 0 Å². The van der Waals surface area contributed by atoms with Crippen molar-refractivity contribution < 1.29 is 14.2 Å². The Labute approximate surface area is 72.3 Å². The molecule has 0 aromatic rings. The lowest BCUT2D eigenvalue weighted by atomic mass is 9.95. The summed E-state index contributed by atoms with van der Waals surface area (Å²) >= 11 is 0. The Morgan fingerprint density at radius 1 is 1.33 bits per heavy atom. The zero-order chi connectivity index (χ0) is 8.77. The lowest BCUT2D eigenvalue weighted by Crippen LogP contribution is -2.50. The van der Waals surface area contributed by atoms with E-state index in [0.29, 0.717) is 0 Å². The van der Waals surface area contributed by atoms with Gasteiger partial charge >= 0.3 is 0 Å². The van der Waals surface area contributed by atoms with Crippen LogP contribution in [0.5, 0.6) is 0 Å². The Morgan fingerprint density at radius 3 is 2.83 bits per heavy atom. The summed E-state index contributed by atoms with van der Waals surface area (Å²) in [5.41, 5.74) is 0. The summed E-state index contributed by atoms with van der Waals surface area (Å²) in [7, 11) is 0. The van der Waals surface area contributed by atoms with Crippen LogP contribution in [0.3, 0.4) is 0 Å². The van der Waals surface area contributed by atoms with E-state index in [1.807, 2.05) is 26.8 Å². The standard InChI is InChI=1S/C9H14O3/c1-6-8-4-5-10-9(8,3)12-7(2)11-6/h4-8H,1-3H3. The van der Waals surface area contributed by atoms with Gasteiger partial charge in [-0.3, -0.25) is 0 Å². The van der Waals surface area contributed by atoms with Crippen LogP contribution in [-0.2, 0) is 14.2 Å². The van der Waals surface area contributed by atoms with Crippen molar-refractivity contribution >= 4 is 0 Å². The summed E-state index contributed by atoms with van der Waals surface area (Å²) in [5, 5.41) is 0. The Balaban J connectivity index is 2.20. The van der Waals surface area contributed by atoms with Gasteiger partial charge in [-0.05, 0) is 19.9 Å². The minimum absolute atomic E-state index is 0.164. The maximum atomic E-state index is 5.56. The normalized spacial score (nSPS) is 51.8. The summed E-state index contributed by atoms with van der Waals surface area (Å²) in [6.07, 6.45) is 3.68. The minimum Gasteiger partial charge on any atom is -0.470 e. The average Bonchev–Trinajstić information content (AvgIpc) is 2.29. The van der Waals surface area contributed by atoms with E-state index >= 15 is 0 Å². The van der Waals surface area contributed by atoms with Crippen molar-refractivity contribution in [1.29, 1.82) is 0 Å². The highest BCUT2D eigenvalue weighted by Crippen LogP contribution is 2.39. The quantitative estimate of drug-likeness (QED) is 0.553. The first kappa shape index (κ1) is 8.08. The molecule has 1 saturated heterocycles. The lowest BCUT2D eigenvalue weighted by Gasteiger charge is -2.41. The first-order valence-corrected chi connectivity index (χ1v) is 4.29. The first-order chi connectivity index (χ1) is 5.62. The fourth-order valence-electron chi connectivity index (χ4n) is 1.95. The molecular formula is C9H14O3. The van der Waals surface area contributed by atoms with Crippen molar-refractivity contribution in [2.24, 2.45) is 5.92 Å². The van der Waals surface area contributed by atoms with Gasteiger partial charge in [0.2, 0.25) is 5.79 Å². The molecule has 4 atom stereocenters. The Hall–Kier alpha value is -0.540. The highest BCUT2D eigenvalue weighted by atomic mass is 16.8. The Morgan fingerprint density at radius 2 is 2.08 bits per heavy atom. The van der Waals surface area contributed by atoms with Gasteiger partial charge in [0, 0.05) is 6.92 Å². The third kappa shape index (κ3) is 1.04. The number of rotatable bonds is 0. The van der Waals surface area contributed by atoms with Gasteiger partial charge in [-0.25, -0.2) is 0 Å². The smallest absolute Gasteiger partial charge is 0.218 e. The van der Waals surface area contributed by atoms with E-state index in [0.717, 1.165) is 0 Å². The summed E-state index contributed by atoms with van der Waals surface area (Å²) in [5.74, 6) is -0.287. The van der Waals surface area contributed by atoms with Gasteiger partial charge < -0.3 is 14.2 Å². The van der Waals surface area contributed by atoms with Crippen LogP contribution < -0.4 is 0 Å². The molecule has 0 aliphatic carbocycles. The Bertz CT molecular complexity index is 214. The molecule has 68 valence electrons. The minimum atomic E-state index is -0.503. The molecular weight excluding hydrogens is 156 g/mol. The third-order valence-corrected chi connectivity index (χ3v) is 2.51. The van der Waals surface area contributed by atoms with E-state index in [9.17, 15) is 0 Å². The van der Waals surface area contributed by atoms with Crippen molar-refractivity contribution in [2.45, 2.75) is 39.0 Å². The van der Waals surface area contributed by atoms with Crippen LogP contribution in [0.15, 0.2) is 12.3 Å². The molecule has 2 heterocycles. The highest BCUT2D eigenvalue weighted by molar-refractivity contribution is 5.03. The van der Waals surface area contributed by atoms with Gasteiger partial charge in [0.15, 0.2) is 6.29 Å². The van der Waals surface area contributed by atoms with Gasteiger partial charge in [-0.1, -0.05) is 0 Å². The first-order valence-electron chi connectivity index (χ1n) is 4.29. The molecule has 12 heavy (non-hydrogen) atoms. The van der Waals surface area contributed by atoms with Crippen LogP contribution >= 0.6 is 0 Å². The summed E-state index contributed by atoms with van der Waals surface area (Å²) < 4.78 is 16.5. The van der Waals surface area contributed by atoms with Crippen molar-refractivity contribution in [3.63, 3.8) is 0 Å². The van der Waals surface area contributed by atoms with E-state index in [-0.39, 0.29) is 18.3 Å². The molecule has 1 fully saturated rings. The van der Waals surface area contributed by atoms with E-state index < -0.39 is 5.79 Å². The maximum Gasteiger partial charge on any atom is 0.218 e. The van der Waals surface area contributed by atoms with Crippen molar-refractivity contribution in [3.05, 3.63) is 12.3 Å². The number of fused-ring (bicyclic) bond motifs is 1. The van der Waals surface area contributed by atoms with Crippen molar-refractivity contribution in [2.75, 3.05) is 0 Å². The summed E-state index contributed by atoms with van der Waals surface area (Å²) in [4.78, 5) is 0. The van der Waals surface area contributed by atoms with Gasteiger partial charge in [-0.2, -0.15) is 0 Å². The molecule has 0 aromatic carbocycles. The molecule has 2 aliphatic rings. The van der Waals surface area contributed by atoms with Gasteiger partial charge in [0.25, 0.3) is 0 Å². The van der Waals surface area contributed by atoms with Gasteiger partial charge in [0.1, 0.15) is 0 Å². The second-order valence-corrected chi connectivity index (χ2v) is 3.51. The van der Waals surface area contributed by atoms with Crippen molar-refractivity contribution in [3.8, 4) is 0 Å². The molecule has 3 heteroatoms. The fraction of sp³-hybridized carbons (Fsp3) is 0.778. The topological polar surface area (TPSA) is 27.7 Å². The lowest BCUT2D eigenvalue weighted by molar-refractivity contribution is -0.346. The molecule has 0 amide bonds. The van der Waals surface area contributed by atoms with Crippen LogP contribution in [0.1, 0.15) is 20.8 Å². The average molecular weight is 170 g/mol. The molecule has 0 radical (unpaired) electrons. The van der Waals surface area contributed by atoms with E-state index in [2.05, 4.69) is 0 Å². The van der Waals surface area contributed by atoms with E-state index in [1.165, 1.54) is 0 Å². The molecule has 2 aliphatic heterocycles. The molecule has 2 rings (SSSR count). The van der Waals surface area contributed by atoms with Gasteiger partial charge in [0.05, 0.1) is 18.3 Å². The van der Waals surface area contributed by atoms with Crippen LogP contribution in [-0.4, -0.2) is 18.2 Å². The molecule has 0 N–H and O–H groups in total. The largest absolute Gasteiger partial charge is 0.470 e. The number of hydrogen-bond acceptors (Lipinski definition) is 3. The molecule has 0 bridgehead atoms. The monoisotopic (exact) mass is 170 g/mol. The zero-order valence-corrected chi connectivity index (χ0v) is 7.61. The maximum absolute atomic E-state index is 5.56. The molecule has 3 nitrogen and oxygen atoms in total. The second-order valence-electron chi connectivity index (χ2n) is 3.51. The Kier molecular flexibility index (Phi) is 1.66. The van der Waals surface area contributed by atoms with E-state index in [1.54, 1.807) is 6.26 Å². The zero-order valence-electron chi connectivity index (χ0n) is 7.61. The van der Waals surface area contributed by atoms with Crippen LogP contribution in [0.2, 0.25) is 0 Å². The molecule has 4 unspecified atom stereocenters. The highest BCUT2D eigenvalue weighted by Gasteiger charge is 2.47. The molecule has 0 spiro atoms. The van der Waals surface area contributed by atoms with Crippen LogP contribution in [0, 0.1) is 5.92 Å². The fourth-order valence-corrected chi connectivity index (χ4v) is 1.95. The number of hydrogen-bond donors (Lipinski definition) is 0. The third-order valence-electron chi connectivity index (χ3n) is 2.51. The molecule has 0 saturated carbocycles. The predicted molar refractivity (Wildman–Crippen MR) is 43.2 cm³/mol. The second kappa shape index (κ2) is 2.47. The van der Waals surface area contributed by atoms with Gasteiger partial charge in [-0.15, -0.1) is 0 Å². The molecule has 0 aromatic heterocycles. The predicted octanol–water partition coefficient (Wildman–Crippen LogP) is 1.64. The SMILES string of the molecule is CC1OC(C)C2C=COC2(C)O1. The van der Waals surface area contributed by atoms with E-state index in [4.69, 9.17) is 14.2 Å². The van der Waals surface area contributed by atoms with Crippen molar-refractivity contribution in [1.82, 2.24) is 0 Å².